The largest absolute Gasteiger partial charge is 0.318 e. The minimum atomic E-state index is -0.578. The highest BCUT2D eigenvalue weighted by Gasteiger charge is 2.13. The number of carbonyl (C=O) groups is 1. The number of amides is 1. The normalized spacial score (nSPS) is 10.7. The van der Waals surface area contributed by atoms with Gasteiger partial charge in [-0.2, -0.15) is 5.10 Å². The van der Waals surface area contributed by atoms with E-state index < -0.39 is 11.7 Å². The molecule has 1 N–H and O–H groups in total. The summed E-state index contributed by atoms with van der Waals surface area (Å²) in [4.78, 5) is 23.7. The lowest BCUT2D eigenvalue weighted by Crippen LogP contribution is -2.27. The van der Waals surface area contributed by atoms with Crippen LogP contribution in [0.15, 0.2) is 39.6 Å². The van der Waals surface area contributed by atoms with E-state index in [4.69, 9.17) is 0 Å². The number of hydrogen-bond donors (Lipinski definition) is 1. The zero-order valence-electron chi connectivity index (χ0n) is 11.4. The van der Waals surface area contributed by atoms with Gasteiger partial charge in [-0.15, -0.1) is 0 Å². The van der Waals surface area contributed by atoms with Crippen LogP contribution in [-0.4, -0.2) is 15.7 Å². The van der Waals surface area contributed by atoms with E-state index in [0.29, 0.717) is 4.47 Å². The van der Waals surface area contributed by atoms with Crippen LogP contribution >= 0.6 is 15.9 Å². The Balaban J connectivity index is 2.28. The Morgan fingerprint density at radius 3 is 2.67 bits per heavy atom. The lowest BCUT2D eigenvalue weighted by atomic mass is 10.3. The molecule has 5 nitrogen and oxygen atoms in total. The van der Waals surface area contributed by atoms with Gasteiger partial charge in [-0.3, -0.25) is 9.59 Å². The number of nitrogens with one attached hydrogen (secondary N) is 1. The summed E-state index contributed by atoms with van der Waals surface area (Å²) in [7, 11) is 0. The third kappa shape index (κ3) is 3.55. The molecular formula is C14H13BrFN3O2. The molecule has 21 heavy (non-hydrogen) atoms. The summed E-state index contributed by atoms with van der Waals surface area (Å²) in [5.41, 5.74) is -0.200. The van der Waals surface area contributed by atoms with E-state index in [2.05, 4.69) is 26.3 Å². The first-order valence-corrected chi connectivity index (χ1v) is 7.04. The van der Waals surface area contributed by atoms with Crippen molar-refractivity contribution < 1.29 is 9.18 Å². The summed E-state index contributed by atoms with van der Waals surface area (Å²) in [5.74, 6) is -1.14. The topological polar surface area (TPSA) is 64.0 Å². The zero-order valence-corrected chi connectivity index (χ0v) is 13.0. The highest BCUT2D eigenvalue weighted by molar-refractivity contribution is 9.10. The molecule has 1 amide bonds. The molecule has 0 saturated heterocycles. The number of benzene rings is 1. The van der Waals surface area contributed by atoms with E-state index in [1.807, 2.05) is 0 Å². The molecule has 0 aliphatic rings. The van der Waals surface area contributed by atoms with Gasteiger partial charge in [0.05, 0.1) is 11.7 Å². The van der Waals surface area contributed by atoms with Crippen LogP contribution in [0, 0.1) is 5.82 Å². The molecule has 110 valence electrons. The van der Waals surface area contributed by atoms with Crippen molar-refractivity contribution in [2.24, 2.45) is 0 Å². The van der Waals surface area contributed by atoms with Crippen molar-refractivity contribution in [1.29, 1.82) is 0 Å². The first-order valence-electron chi connectivity index (χ1n) is 6.25. The number of aromatic nitrogens is 2. The maximum atomic E-state index is 13.7. The van der Waals surface area contributed by atoms with Crippen LogP contribution in [0.25, 0.3) is 0 Å². The molecule has 0 atom stereocenters. The maximum Gasteiger partial charge on any atom is 0.276 e. The van der Waals surface area contributed by atoms with Gasteiger partial charge in [0.1, 0.15) is 11.5 Å². The van der Waals surface area contributed by atoms with Crippen LogP contribution in [0.2, 0.25) is 0 Å². The molecule has 0 aliphatic heterocycles. The van der Waals surface area contributed by atoms with Gasteiger partial charge in [0.2, 0.25) is 0 Å². The van der Waals surface area contributed by atoms with E-state index in [1.165, 1.54) is 28.9 Å². The highest BCUT2D eigenvalue weighted by Crippen LogP contribution is 2.19. The van der Waals surface area contributed by atoms with E-state index in [-0.39, 0.29) is 23.0 Å². The second kappa shape index (κ2) is 6.17. The number of rotatable bonds is 3. The smallest absolute Gasteiger partial charge is 0.276 e. The van der Waals surface area contributed by atoms with Crippen molar-refractivity contribution in [3.63, 3.8) is 0 Å². The highest BCUT2D eigenvalue weighted by atomic mass is 79.9. The van der Waals surface area contributed by atoms with Crippen LogP contribution in [-0.2, 0) is 0 Å². The SMILES string of the molecule is CC(C)n1nc(C(=O)Nc2ccc(Br)cc2F)ccc1=O. The Labute approximate surface area is 128 Å². The number of anilines is 1. The van der Waals surface area contributed by atoms with Crippen molar-refractivity contribution in [2.75, 3.05) is 5.32 Å². The van der Waals surface area contributed by atoms with Crippen LogP contribution in [0.4, 0.5) is 10.1 Å². The van der Waals surface area contributed by atoms with Gasteiger partial charge in [-0.25, -0.2) is 9.07 Å². The molecule has 2 rings (SSSR count). The van der Waals surface area contributed by atoms with Crippen LogP contribution < -0.4 is 10.9 Å². The fourth-order valence-electron chi connectivity index (χ4n) is 1.69. The molecule has 7 heteroatoms. The lowest BCUT2D eigenvalue weighted by molar-refractivity contribution is 0.101. The first-order chi connectivity index (χ1) is 9.88. The van der Waals surface area contributed by atoms with E-state index in [1.54, 1.807) is 19.9 Å². The predicted molar refractivity (Wildman–Crippen MR) is 80.9 cm³/mol. The summed E-state index contributed by atoms with van der Waals surface area (Å²) in [6.07, 6.45) is 0. The van der Waals surface area contributed by atoms with Crippen LogP contribution in [0.3, 0.4) is 0 Å². The quantitative estimate of drug-likeness (QED) is 0.922. The zero-order chi connectivity index (χ0) is 15.6. The molecule has 0 fully saturated rings. The Bertz CT molecular complexity index is 743. The van der Waals surface area contributed by atoms with Crippen molar-refractivity contribution in [2.45, 2.75) is 19.9 Å². The van der Waals surface area contributed by atoms with Gasteiger partial charge in [-0.1, -0.05) is 15.9 Å². The van der Waals surface area contributed by atoms with Gasteiger partial charge < -0.3 is 5.32 Å². The molecule has 0 aliphatic carbocycles. The average Bonchev–Trinajstić information content (AvgIpc) is 2.42. The maximum absolute atomic E-state index is 13.7. The molecule has 0 bridgehead atoms. The van der Waals surface area contributed by atoms with Gasteiger partial charge >= 0.3 is 0 Å². The van der Waals surface area contributed by atoms with Crippen molar-refractivity contribution >= 4 is 27.5 Å². The van der Waals surface area contributed by atoms with Crippen LogP contribution in [0.5, 0.6) is 0 Å². The molecule has 0 saturated carbocycles. The number of halogens is 2. The van der Waals surface area contributed by atoms with E-state index >= 15 is 0 Å². The molecule has 0 spiro atoms. The van der Waals surface area contributed by atoms with Crippen molar-refractivity contribution in [1.82, 2.24) is 9.78 Å². The van der Waals surface area contributed by atoms with E-state index in [0.717, 1.165) is 0 Å². The van der Waals surface area contributed by atoms with Gasteiger partial charge in [0.25, 0.3) is 11.5 Å². The average molecular weight is 354 g/mol. The monoisotopic (exact) mass is 353 g/mol. The lowest BCUT2D eigenvalue weighted by Gasteiger charge is -2.10. The summed E-state index contributed by atoms with van der Waals surface area (Å²) in [5, 5.41) is 6.40. The fraction of sp³-hybridized carbons (Fsp3) is 0.214. The first kappa shape index (κ1) is 15.4. The standard InChI is InChI=1S/C14H13BrFN3O2/c1-8(2)19-13(20)6-5-12(18-19)14(21)17-11-4-3-9(15)7-10(11)16/h3-8H,1-2H3,(H,17,21). The molecule has 2 aromatic rings. The number of carbonyl (C=O) groups excluding carboxylic acids is 1. The van der Waals surface area contributed by atoms with E-state index in [9.17, 15) is 14.0 Å². The summed E-state index contributed by atoms with van der Waals surface area (Å²) >= 11 is 3.14. The third-order valence-corrected chi connectivity index (χ3v) is 3.22. The van der Waals surface area contributed by atoms with Crippen LogP contribution in [0.1, 0.15) is 30.4 Å². The van der Waals surface area contributed by atoms with Gasteiger partial charge in [0.15, 0.2) is 0 Å². The molecule has 1 aromatic heterocycles. The van der Waals surface area contributed by atoms with Gasteiger partial charge in [0, 0.05) is 10.5 Å². The van der Waals surface area contributed by atoms with Crippen molar-refractivity contribution in [3.8, 4) is 0 Å². The number of nitrogens with zero attached hydrogens (tertiary/aromatic N) is 2. The second-order valence-electron chi connectivity index (χ2n) is 4.67. The molecule has 0 radical (unpaired) electrons. The summed E-state index contributed by atoms with van der Waals surface area (Å²) in [6, 6.07) is 6.71. The summed E-state index contributed by atoms with van der Waals surface area (Å²) in [6.45, 7) is 3.56. The molecule has 1 aromatic carbocycles. The Hall–Kier alpha value is -2.02. The minimum absolute atomic E-state index is 0.0469. The Morgan fingerprint density at radius 2 is 2.05 bits per heavy atom. The van der Waals surface area contributed by atoms with Crippen molar-refractivity contribution in [3.05, 3.63) is 56.7 Å². The predicted octanol–water partition coefficient (Wildman–Crippen LogP) is 2.98. The molecule has 0 unspecified atom stereocenters. The summed E-state index contributed by atoms with van der Waals surface area (Å²) < 4.78 is 15.5. The molecular weight excluding hydrogens is 341 g/mol. The fourth-order valence-corrected chi connectivity index (χ4v) is 2.03. The second-order valence-corrected chi connectivity index (χ2v) is 5.59. The third-order valence-electron chi connectivity index (χ3n) is 2.73. The Morgan fingerprint density at radius 1 is 1.33 bits per heavy atom. The molecule has 1 heterocycles. The Kier molecular flexibility index (Phi) is 4.52. The number of hydrogen-bond acceptors (Lipinski definition) is 3. The van der Waals surface area contributed by atoms with Gasteiger partial charge in [-0.05, 0) is 38.1 Å². The minimum Gasteiger partial charge on any atom is -0.318 e.